The Kier molecular flexibility index (Phi) is 9.79. The second-order valence-electron chi connectivity index (χ2n) is 11.5. The molecule has 0 saturated carbocycles. The number of nitrogens with zero attached hydrogens (tertiary/aromatic N) is 3. The van der Waals surface area contributed by atoms with E-state index in [4.69, 9.17) is 0 Å². The van der Waals surface area contributed by atoms with Crippen molar-refractivity contribution in [1.29, 1.82) is 0 Å². The van der Waals surface area contributed by atoms with E-state index in [1.807, 2.05) is 42.5 Å². The number of benzene rings is 3. The number of phenols is 2. The van der Waals surface area contributed by atoms with Crippen LogP contribution in [0.2, 0.25) is 0 Å². The largest absolute Gasteiger partial charge is 0.508 e. The lowest BCUT2D eigenvalue weighted by Crippen LogP contribution is -2.60. The molecule has 44 heavy (non-hydrogen) atoms. The summed E-state index contributed by atoms with van der Waals surface area (Å²) in [5.41, 5.74) is 2.85. The molecule has 0 bridgehead atoms. The second kappa shape index (κ2) is 14.1. The lowest BCUT2D eigenvalue weighted by atomic mass is 9.99. The van der Waals surface area contributed by atoms with Crippen LogP contribution in [0.15, 0.2) is 78.9 Å². The fourth-order valence-electron chi connectivity index (χ4n) is 5.94. The van der Waals surface area contributed by atoms with Crippen LogP contribution < -0.4 is 5.32 Å². The number of hydrogen-bond donors (Lipinski definition) is 3. The van der Waals surface area contributed by atoms with Crippen molar-refractivity contribution in [1.82, 2.24) is 20.0 Å². The van der Waals surface area contributed by atoms with E-state index in [9.17, 15) is 29.4 Å². The van der Waals surface area contributed by atoms with Crippen molar-refractivity contribution in [2.24, 2.45) is 0 Å². The molecule has 4 amide bonds. The zero-order valence-electron chi connectivity index (χ0n) is 24.6. The minimum absolute atomic E-state index is 0.156. The van der Waals surface area contributed by atoms with Gasteiger partial charge >= 0.3 is 23.6 Å². The average molecular weight is 599 g/mol. The first-order valence-electron chi connectivity index (χ1n) is 15.1. The third kappa shape index (κ3) is 7.55. The fourth-order valence-corrected chi connectivity index (χ4v) is 5.94. The van der Waals surface area contributed by atoms with Gasteiger partial charge in [0.05, 0.1) is 6.04 Å². The summed E-state index contributed by atoms with van der Waals surface area (Å²) in [4.78, 5) is 56.3. The smallest absolute Gasteiger partial charge is 0.312 e. The van der Waals surface area contributed by atoms with Crippen molar-refractivity contribution in [3.63, 3.8) is 0 Å². The predicted molar refractivity (Wildman–Crippen MR) is 163 cm³/mol. The topological polar surface area (TPSA) is 130 Å². The van der Waals surface area contributed by atoms with Crippen LogP contribution in [0.5, 0.6) is 11.5 Å². The number of unbranched alkanes of at least 4 members (excludes halogenated alkanes) is 1. The van der Waals surface area contributed by atoms with E-state index in [2.05, 4.69) is 5.32 Å². The van der Waals surface area contributed by atoms with E-state index in [0.717, 1.165) is 16.7 Å². The molecule has 2 fully saturated rings. The number of phenolic OH excluding ortho intramolecular Hbond substituents is 2. The van der Waals surface area contributed by atoms with Crippen LogP contribution in [0, 0.1) is 0 Å². The normalized spacial score (nSPS) is 19.0. The van der Waals surface area contributed by atoms with Gasteiger partial charge in [0, 0.05) is 38.8 Å². The van der Waals surface area contributed by atoms with E-state index in [1.54, 1.807) is 51.1 Å². The van der Waals surface area contributed by atoms with Gasteiger partial charge in [0.15, 0.2) is 0 Å². The SMILES string of the molecule is O=C1NC[C@@H](CCCCN2C[C@H](Cc3ccc(O)cc3)N(CCc3ccc(O)cc3)C(=O)C2=O)N(Cc2ccccc2)C1=O. The van der Waals surface area contributed by atoms with E-state index in [-0.39, 0.29) is 23.6 Å². The maximum atomic E-state index is 13.4. The van der Waals surface area contributed by atoms with E-state index in [0.29, 0.717) is 64.8 Å². The van der Waals surface area contributed by atoms with E-state index < -0.39 is 23.6 Å². The quantitative estimate of drug-likeness (QED) is 0.217. The Balaban J connectivity index is 1.21. The molecule has 3 aromatic carbocycles. The Morgan fingerprint density at radius 2 is 1.32 bits per heavy atom. The Labute approximate surface area is 256 Å². The van der Waals surface area contributed by atoms with Gasteiger partial charge in [0.25, 0.3) is 0 Å². The first-order chi connectivity index (χ1) is 21.3. The van der Waals surface area contributed by atoms with Crippen molar-refractivity contribution in [2.75, 3.05) is 26.2 Å². The number of carbonyl (C=O) groups is 4. The van der Waals surface area contributed by atoms with Gasteiger partial charge in [-0.25, -0.2) is 0 Å². The molecule has 2 saturated heterocycles. The molecule has 10 heteroatoms. The third-order valence-corrected chi connectivity index (χ3v) is 8.39. The first-order valence-corrected chi connectivity index (χ1v) is 15.1. The predicted octanol–water partition coefficient (Wildman–Crippen LogP) is 2.62. The van der Waals surface area contributed by atoms with Crippen molar-refractivity contribution in [2.45, 2.75) is 50.7 Å². The van der Waals surface area contributed by atoms with E-state index in [1.165, 1.54) is 0 Å². The van der Waals surface area contributed by atoms with Crippen molar-refractivity contribution < 1.29 is 29.4 Å². The van der Waals surface area contributed by atoms with Gasteiger partial charge in [0.2, 0.25) is 0 Å². The number of hydrogen-bond acceptors (Lipinski definition) is 6. The summed E-state index contributed by atoms with van der Waals surface area (Å²) in [5.74, 6) is -1.86. The molecular weight excluding hydrogens is 560 g/mol. The highest BCUT2D eigenvalue weighted by Crippen LogP contribution is 2.22. The van der Waals surface area contributed by atoms with Gasteiger partial charge in [0.1, 0.15) is 11.5 Å². The highest BCUT2D eigenvalue weighted by atomic mass is 16.3. The van der Waals surface area contributed by atoms with Crippen LogP contribution in [0.25, 0.3) is 0 Å². The van der Waals surface area contributed by atoms with Crippen LogP contribution in [-0.2, 0) is 38.6 Å². The van der Waals surface area contributed by atoms with Crippen molar-refractivity contribution in [3.8, 4) is 11.5 Å². The van der Waals surface area contributed by atoms with Crippen LogP contribution >= 0.6 is 0 Å². The highest BCUT2D eigenvalue weighted by molar-refractivity contribution is 6.36. The van der Waals surface area contributed by atoms with Gasteiger partial charge < -0.3 is 30.2 Å². The molecule has 0 aliphatic carbocycles. The van der Waals surface area contributed by atoms with Crippen molar-refractivity contribution >= 4 is 23.6 Å². The van der Waals surface area contributed by atoms with Gasteiger partial charge in [-0.2, -0.15) is 0 Å². The summed E-state index contributed by atoms with van der Waals surface area (Å²) in [6, 6.07) is 22.9. The van der Waals surface area contributed by atoms with E-state index >= 15 is 0 Å². The Morgan fingerprint density at radius 3 is 2.00 bits per heavy atom. The zero-order chi connectivity index (χ0) is 31.1. The van der Waals surface area contributed by atoms with Gasteiger partial charge in [-0.15, -0.1) is 0 Å². The minimum Gasteiger partial charge on any atom is -0.508 e. The highest BCUT2D eigenvalue weighted by Gasteiger charge is 2.39. The Morgan fingerprint density at radius 1 is 0.659 bits per heavy atom. The standard InChI is InChI=1S/C34H38N4O6/c39-29-13-9-24(10-14-29)17-19-37-28(20-25-11-15-30(40)16-12-25)23-36(33(43)34(37)44)18-5-4-8-27-21-35-31(41)32(42)38(27)22-26-6-2-1-3-7-26/h1-3,6-7,9-16,27-28,39-40H,4-5,8,17-23H2,(H,35,41)/t27-,28+/m1/s1. The van der Waals surface area contributed by atoms with Gasteiger partial charge in [-0.05, 0) is 73.1 Å². The Hall–Kier alpha value is -4.86. The lowest BCUT2D eigenvalue weighted by molar-refractivity contribution is -0.159. The molecule has 3 N–H and O–H groups in total. The lowest BCUT2D eigenvalue weighted by Gasteiger charge is -2.41. The summed E-state index contributed by atoms with van der Waals surface area (Å²) in [6.45, 7) is 1.90. The molecule has 2 aliphatic heterocycles. The summed E-state index contributed by atoms with van der Waals surface area (Å²) < 4.78 is 0. The molecule has 0 radical (unpaired) electrons. The van der Waals surface area contributed by atoms with Gasteiger partial charge in [-0.3, -0.25) is 19.2 Å². The summed E-state index contributed by atoms with van der Waals surface area (Å²) >= 11 is 0. The summed E-state index contributed by atoms with van der Waals surface area (Å²) in [6.07, 6.45) is 3.09. The van der Waals surface area contributed by atoms with Crippen LogP contribution in [-0.4, -0.2) is 86.8 Å². The number of amides is 4. The summed E-state index contributed by atoms with van der Waals surface area (Å²) in [7, 11) is 0. The number of aromatic hydroxyl groups is 2. The van der Waals surface area contributed by atoms with Crippen LogP contribution in [0.1, 0.15) is 36.0 Å². The average Bonchev–Trinajstić information content (AvgIpc) is 3.03. The monoisotopic (exact) mass is 598 g/mol. The molecule has 5 rings (SSSR count). The molecule has 10 nitrogen and oxygen atoms in total. The minimum atomic E-state index is -0.593. The maximum absolute atomic E-state index is 13.4. The molecule has 0 aromatic heterocycles. The van der Waals surface area contributed by atoms with Crippen molar-refractivity contribution in [3.05, 3.63) is 95.6 Å². The molecular formula is C34H38N4O6. The number of nitrogens with one attached hydrogen (secondary N) is 1. The molecule has 2 heterocycles. The van der Waals surface area contributed by atoms with Gasteiger partial charge in [-0.1, -0.05) is 54.6 Å². The fraction of sp³-hybridized carbons (Fsp3) is 0.353. The molecule has 2 aliphatic rings. The molecule has 3 aromatic rings. The maximum Gasteiger partial charge on any atom is 0.312 e. The summed E-state index contributed by atoms with van der Waals surface area (Å²) in [5, 5.41) is 22.0. The number of piperazine rings is 2. The Bertz CT molecular complexity index is 1460. The number of carbonyl (C=O) groups excluding carboxylic acids is 4. The molecule has 0 unspecified atom stereocenters. The molecule has 2 atom stereocenters. The zero-order valence-corrected chi connectivity index (χ0v) is 24.6. The second-order valence-corrected chi connectivity index (χ2v) is 11.5. The molecule has 230 valence electrons. The molecule has 0 spiro atoms. The first kappa shape index (κ1) is 30.6. The van der Waals surface area contributed by atoms with Crippen LogP contribution in [0.4, 0.5) is 0 Å². The third-order valence-electron chi connectivity index (χ3n) is 8.39. The van der Waals surface area contributed by atoms with Crippen LogP contribution in [0.3, 0.4) is 0 Å². The number of rotatable bonds is 12.